The summed E-state index contributed by atoms with van der Waals surface area (Å²) < 4.78 is 35.9. The second kappa shape index (κ2) is 6.62. The van der Waals surface area contributed by atoms with Crippen molar-refractivity contribution in [2.45, 2.75) is 32.6 Å². The molecular formula is C18H20N2O5S. The summed E-state index contributed by atoms with van der Waals surface area (Å²) in [6, 6.07) is 6.57. The Hall–Kier alpha value is -2.58. The predicted molar refractivity (Wildman–Crippen MR) is 95.7 cm³/mol. The minimum absolute atomic E-state index is 0.0955. The molecule has 7 nitrogen and oxygen atoms in total. The SMILES string of the molecule is Cc1cc(C)c(C)c(S(=O)(=O)NNC(=O)c2ccc3c(c2)OCO3)c1C. The molecule has 0 aromatic heterocycles. The molecule has 26 heavy (non-hydrogen) atoms. The summed E-state index contributed by atoms with van der Waals surface area (Å²) in [5, 5.41) is 0. The minimum atomic E-state index is -3.92. The number of hydrogen-bond acceptors (Lipinski definition) is 5. The quantitative estimate of drug-likeness (QED) is 0.799. The first-order valence-corrected chi connectivity index (χ1v) is 9.48. The molecule has 2 aromatic rings. The van der Waals surface area contributed by atoms with E-state index in [4.69, 9.17) is 9.47 Å². The second-order valence-corrected chi connectivity index (χ2v) is 7.84. The fourth-order valence-electron chi connectivity index (χ4n) is 2.86. The van der Waals surface area contributed by atoms with Crippen LogP contribution >= 0.6 is 0 Å². The van der Waals surface area contributed by atoms with Gasteiger partial charge in [-0.15, -0.1) is 4.83 Å². The van der Waals surface area contributed by atoms with Crippen molar-refractivity contribution < 1.29 is 22.7 Å². The molecule has 1 amide bonds. The van der Waals surface area contributed by atoms with Crippen LogP contribution in [0.3, 0.4) is 0 Å². The molecule has 0 saturated carbocycles. The molecule has 0 radical (unpaired) electrons. The number of sulfonamides is 1. The van der Waals surface area contributed by atoms with Crippen LogP contribution in [0.2, 0.25) is 0 Å². The predicted octanol–water partition coefficient (Wildman–Crippen LogP) is 2.27. The van der Waals surface area contributed by atoms with Gasteiger partial charge in [0.05, 0.1) is 4.90 Å². The van der Waals surface area contributed by atoms with Gasteiger partial charge >= 0.3 is 0 Å². The third-order valence-corrected chi connectivity index (χ3v) is 6.02. The van der Waals surface area contributed by atoms with Crippen LogP contribution in [0.25, 0.3) is 0 Å². The van der Waals surface area contributed by atoms with Crippen LogP contribution in [0.1, 0.15) is 32.6 Å². The van der Waals surface area contributed by atoms with E-state index in [-0.39, 0.29) is 17.3 Å². The van der Waals surface area contributed by atoms with Crippen molar-refractivity contribution in [3.05, 3.63) is 52.1 Å². The van der Waals surface area contributed by atoms with Crippen molar-refractivity contribution in [3.8, 4) is 11.5 Å². The summed E-state index contributed by atoms with van der Waals surface area (Å²) in [6.45, 7) is 7.29. The lowest BCUT2D eigenvalue weighted by molar-refractivity contribution is 0.0944. The fourth-order valence-corrected chi connectivity index (χ4v) is 4.32. The Morgan fingerprint density at radius 3 is 2.23 bits per heavy atom. The largest absolute Gasteiger partial charge is 0.454 e. The van der Waals surface area contributed by atoms with Gasteiger partial charge in [-0.25, -0.2) is 8.42 Å². The Bertz CT molecular complexity index is 973. The van der Waals surface area contributed by atoms with Crippen molar-refractivity contribution in [2.75, 3.05) is 6.79 Å². The zero-order chi connectivity index (χ0) is 19.1. The molecule has 0 bridgehead atoms. The van der Waals surface area contributed by atoms with Gasteiger partial charge in [-0.1, -0.05) is 6.07 Å². The van der Waals surface area contributed by atoms with Crippen LogP contribution in [0.4, 0.5) is 0 Å². The molecular weight excluding hydrogens is 356 g/mol. The highest BCUT2D eigenvalue weighted by Gasteiger charge is 2.23. The molecule has 0 atom stereocenters. The van der Waals surface area contributed by atoms with E-state index in [2.05, 4.69) is 10.3 Å². The van der Waals surface area contributed by atoms with Gasteiger partial charge in [0.1, 0.15) is 0 Å². The van der Waals surface area contributed by atoms with Crippen LogP contribution in [-0.2, 0) is 10.0 Å². The molecule has 8 heteroatoms. The zero-order valence-electron chi connectivity index (χ0n) is 15.0. The third-order valence-electron chi connectivity index (χ3n) is 4.50. The normalized spacial score (nSPS) is 12.9. The molecule has 1 heterocycles. The molecule has 0 saturated heterocycles. The van der Waals surface area contributed by atoms with Gasteiger partial charge in [0.15, 0.2) is 11.5 Å². The molecule has 1 aliphatic heterocycles. The Labute approximate surface area is 152 Å². The lowest BCUT2D eigenvalue weighted by atomic mass is 10.0. The van der Waals surface area contributed by atoms with Crippen LogP contribution in [0, 0.1) is 27.7 Å². The van der Waals surface area contributed by atoms with Gasteiger partial charge in [-0.3, -0.25) is 10.2 Å². The first kappa shape index (κ1) is 18.2. The van der Waals surface area contributed by atoms with Crippen molar-refractivity contribution in [3.63, 3.8) is 0 Å². The highest BCUT2D eigenvalue weighted by molar-refractivity contribution is 7.89. The number of aryl methyl sites for hydroxylation is 2. The van der Waals surface area contributed by atoms with Crippen LogP contribution < -0.4 is 19.7 Å². The van der Waals surface area contributed by atoms with Crippen LogP contribution in [0.15, 0.2) is 29.2 Å². The van der Waals surface area contributed by atoms with Gasteiger partial charge in [0.25, 0.3) is 15.9 Å². The standard InChI is InChI=1S/C18H20N2O5S/c1-10-7-11(2)13(4)17(12(10)3)26(22,23)20-19-18(21)14-5-6-15-16(8-14)25-9-24-15/h5-8,20H,9H2,1-4H3,(H,19,21). The fraction of sp³-hybridized carbons (Fsp3) is 0.278. The second-order valence-electron chi connectivity index (χ2n) is 6.22. The molecule has 0 unspecified atom stereocenters. The first-order chi connectivity index (χ1) is 12.2. The molecule has 0 aliphatic carbocycles. The number of rotatable bonds is 4. The highest BCUT2D eigenvalue weighted by atomic mass is 32.2. The smallest absolute Gasteiger partial charge is 0.266 e. The van der Waals surface area contributed by atoms with Crippen molar-refractivity contribution >= 4 is 15.9 Å². The maximum atomic E-state index is 12.7. The lowest BCUT2D eigenvalue weighted by Gasteiger charge is -2.16. The van der Waals surface area contributed by atoms with Crippen molar-refractivity contribution in [1.29, 1.82) is 0 Å². The summed E-state index contributed by atoms with van der Waals surface area (Å²) in [6.07, 6.45) is 0. The van der Waals surface area contributed by atoms with Gasteiger partial charge in [-0.05, 0) is 68.1 Å². The van der Waals surface area contributed by atoms with E-state index in [1.165, 1.54) is 12.1 Å². The highest BCUT2D eigenvalue weighted by Crippen LogP contribution is 2.32. The number of benzene rings is 2. The average Bonchev–Trinajstić information content (AvgIpc) is 3.05. The van der Waals surface area contributed by atoms with Gasteiger partial charge in [0.2, 0.25) is 6.79 Å². The van der Waals surface area contributed by atoms with E-state index in [1.807, 2.05) is 19.9 Å². The maximum absolute atomic E-state index is 12.7. The van der Waals surface area contributed by atoms with Crippen LogP contribution in [-0.4, -0.2) is 21.1 Å². The monoisotopic (exact) mass is 376 g/mol. The Balaban J connectivity index is 1.82. The van der Waals surface area contributed by atoms with Gasteiger partial charge < -0.3 is 9.47 Å². The van der Waals surface area contributed by atoms with E-state index >= 15 is 0 Å². The minimum Gasteiger partial charge on any atom is -0.454 e. The number of nitrogens with one attached hydrogen (secondary N) is 2. The van der Waals surface area contributed by atoms with E-state index in [9.17, 15) is 13.2 Å². The number of carbonyl (C=O) groups is 1. The number of ether oxygens (including phenoxy) is 2. The molecule has 2 aromatic carbocycles. The molecule has 138 valence electrons. The average molecular weight is 376 g/mol. The summed E-state index contributed by atoms with van der Waals surface area (Å²) in [5.74, 6) is 0.400. The van der Waals surface area contributed by atoms with Crippen LogP contribution in [0.5, 0.6) is 11.5 Å². The first-order valence-electron chi connectivity index (χ1n) is 8.00. The maximum Gasteiger partial charge on any atom is 0.266 e. The van der Waals surface area contributed by atoms with Crippen molar-refractivity contribution in [1.82, 2.24) is 10.3 Å². The molecule has 0 spiro atoms. The Morgan fingerprint density at radius 2 is 1.58 bits per heavy atom. The number of hydrazine groups is 1. The van der Waals surface area contributed by atoms with E-state index in [1.54, 1.807) is 19.9 Å². The summed E-state index contributed by atoms with van der Waals surface area (Å²) >= 11 is 0. The van der Waals surface area contributed by atoms with E-state index in [0.29, 0.717) is 22.6 Å². The molecule has 2 N–H and O–H groups in total. The van der Waals surface area contributed by atoms with E-state index in [0.717, 1.165) is 11.1 Å². The topological polar surface area (TPSA) is 93.7 Å². The molecule has 3 rings (SSSR count). The van der Waals surface area contributed by atoms with Gasteiger partial charge in [0, 0.05) is 5.56 Å². The Kier molecular flexibility index (Phi) is 4.64. The lowest BCUT2D eigenvalue weighted by Crippen LogP contribution is -2.42. The number of fused-ring (bicyclic) bond motifs is 1. The van der Waals surface area contributed by atoms with E-state index < -0.39 is 15.9 Å². The number of carbonyl (C=O) groups excluding carboxylic acids is 1. The molecule has 0 fully saturated rings. The van der Waals surface area contributed by atoms with Gasteiger partial charge in [-0.2, -0.15) is 0 Å². The summed E-state index contributed by atoms with van der Waals surface area (Å²) in [7, 11) is -3.92. The summed E-state index contributed by atoms with van der Waals surface area (Å²) in [5.41, 5.74) is 5.55. The summed E-state index contributed by atoms with van der Waals surface area (Å²) in [4.78, 5) is 14.7. The molecule has 1 aliphatic rings. The number of hydrogen-bond donors (Lipinski definition) is 2. The zero-order valence-corrected chi connectivity index (χ0v) is 15.8. The third kappa shape index (κ3) is 3.25. The Morgan fingerprint density at radius 1 is 0.962 bits per heavy atom. The number of amides is 1. The van der Waals surface area contributed by atoms with Crippen molar-refractivity contribution in [2.24, 2.45) is 0 Å².